The van der Waals surface area contributed by atoms with Crippen molar-refractivity contribution in [3.63, 3.8) is 0 Å². The number of nitro groups is 2. The molecule has 120 heavy (non-hydrogen) atoms. The number of nitrogens with two attached hydrogens (primary N) is 1. The zero-order valence-corrected chi connectivity index (χ0v) is 66.5. The van der Waals surface area contributed by atoms with Crippen molar-refractivity contribution in [1.29, 1.82) is 0 Å². The van der Waals surface area contributed by atoms with Gasteiger partial charge < -0.3 is 57.9 Å². The number of nitrogens with zero attached hydrogens (tertiary/aromatic N) is 8. The molecule has 16 aromatic rings. The number of Topliss-reactive ketones (excluding diaryl/α,β-unsaturated/α-hetero) is 1. The Morgan fingerprint density at radius 2 is 0.900 bits per heavy atom. The van der Waals surface area contributed by atoms with Crippen LogP contribution in [0.25, 0.3) is 77.3 Å². The van der Waals surface area contributed by atoms with Gasteiger partial charge in [-0.05, 0) is 212 Å². The quantitative estimate of drug-likeness (QED) is 0.0192. The summed E-state index contributed by atoms with van der Waals surface area (Å²) < 4.78 is 43.0. The summed E-state index contributed by atoms with van der Waals surface area (Å²) in [6.07, 6.45) is 19.6. The highest BCUT2D eigenvalue weighted by Gasteiger charge is 2.22. The van der Waals surface area contributed by atoms with Crippen molar-refractivity contribution in [1.82, 2.24) is 35.2 Å². The Morgan fingerprint density at radius 1 is 0.483 bits per heavy atom. The molecule has 10 aromatic heterocycles. The van der Waals surface area contributed by atoms with Crippen LogP contribution in [0.15, 0.2) is 315 Å². The lowest BCUT2D eigenvalue weighted by Crippen LogP contribution is -2.42. The van der Waals surface area contributed by atoms with Crippen molar-refractivity contribution in [3.8, 4) is 44.9 Å². The highest BCUT2D eigenvalue weighted by atomic mass is 79.9. The largest absolute Gasteiger partial charge is 0.514 e. The van der Waals surface area contributed by atoms with Crippen LogP contribution in [0.3, 0.4) is 0 Å². The Kier molecular flexibility index (Phi) is 32.2. The second-order valence-electron chi connectivity index (χ2n) is 25.8. The summed E-state index contributed by atoms with van der Waals surface area (Å²) in [5, 5.41) is 45.5. The van der Waals surface area contributed by atoms with Crippen LogP contribution in [-0.2, 0) is 51.7 Å². The maximum atomic E-state index is 12.1. The molecular weight excluding hydrogens is 1630 g/mol. The van der Waals surface area contributed by atoms with E-state index in [1.165, 1.54) is 61.0 Å². The Bertz CT molecular complexity index is 6060. The molecule has 0 bridgehead atoms. The molecule has 1 amide bonds. The molecule has 0 fully saturated rings. The maximum Gasteiger partial charge on any atom is 0.514 e. The van der Waals surface area contributed by atoms with Crippen LogP contribution in [0.1, 0.15) is 46.7 Å². The van der Waals surface area contributed by atoms with Crippen LogP contribution in [0.4, 0.5) is 25.8 Å². The number of aliphatic hydroxyl groups is 1. The Hall–Kier alpha value is -15.0. The number of halogens is 2. The molecule has 0 aliphatic heterocycles. The van der Waals surface area contributed by atoms with E-state index in [4.69, 9.17) is 54.3 Å². The number of carbonyl (C=O) groups excluding carboxylic acids is 4. The van der Waals surface area contributed by atoms with Gasteiger partial charge in [-0.1, -0.05) is 58.4 Å². The van der Waals surface area contributed by atoms with Gasteiger partial charge in [0.25, 0.3) is 11.4 Å². The summed E-state index contributed by atoms with van der Waals surface area (Å²) >= 11 is 8.32. The van der Waals surface area contributed by atoms with Crippen LogP contribution in [0.2, 0.25) is 0 Å². The lowest BCUT2D eigenvalue weighted by Gasteiger charge is -2.14. The number of nitro benzene ring substituents is 2. The summed E-state index contributed by atoms with van der Waals surface area (Å²) in [5.41, 5.74) is 16.6. The van der Waals surface area contributed by atoms with E-state index >= 15 is 0 Å². The molecule has 6 aromatic carbocycles. The average Bonchev–Trinajstić information content (AvgIpc) is 1.68. The number of nitrogens with one attached hydrogen (secondary N) is 1. The molecule has 0 aliphatic rings. The molecule has 5 N–H and O–H groups in total. The van der Waals surface area contributed by atoms with Crippen molar-refractivity contribution in [2.75, 3.05) is 0 Å². The number of aliphatic carboxylic acids is 1. The standard InChI is InChI=1S/C23H19N3O5.C21H14N2O6.C14H11NO2.C9H7BrO.C9H12N2O.C7H4ClNO4.C6H7N/c27-22(28)20(10-15-5-8-24-9-6-15)26-23(29)30-14-19-12-18-11-16(3-4-21(18)31-19)17-2-1-7-25-13-17;24-21(29-18-6-4-17(5-7-18)23(25)26)27-13-19-11-16-10-14(3-8-20(16)28-19)15-2-1-9-22-12-15;16-9-13-7-12-6-10(3-4-14(12)17-13)11-2-1-5-15-8-11;1-6-4-7-5-8(10)2-3-9(7)11-6;1-7(12)9(10)6-8-2-4-11-5-3-8;8-7(10)13-6-3-1-5(2-4-6)9(11)12;1-6-3-2-4-7-5-6/h1-9,11-13,20H,10,14H2,(H,26,29)(H,27,28);1-12H,13H2;1-8,16H,9H2;2-5H,1H3;2-5,9H,6,10H2,1H3;1-4H;2-5H,1H3. The number of ether oxygens (including phenoxy) is 4. The van der Waals surface area contributed by atoms with Gasteiger partial charge >= 0.3 is 23.6 Å². The van der Waals surface area contributed by atoms with E-state index in [2.05, 4.69) is 55.9 Å². The first-order chi connectivity index (χ1) is 58.0. The predicted molar refractivity (Wildman–Crippen MR) is 450 cm³/mol. The number of non-ortho nitro benzene ring substituents is 2. The van der Waals surface area contributed by atoms with Gasteiger partial charge in [-0.3, -0.25) is 54.9 Å². The average molecular weight is 1700 g/mol. The molecule has 0 radical (unpaired) electrons. The molecule has 0 saturated heterocycles. The number of pyridine rings is 6. The van der Waals surface area contributed by atoms with Crippen LogP contribution in [-0.4, -0.2) is 91.5 Å². The number of carboxylic acids is 1. The first-order valence-corrected chi connectivity index (χ1v) is 37.5. The Balaban J connectivity index is 0.000000155. The number of aromatic nitrogens is 6. The molecule has 29 nitrogen and oxygen atoms in total. The molecule has 0 saturated carbocycles. The number of aliphatic hydroxyl groups excluding tert-OH is 1. The molecule has 0 aliphatic carbocycles. The highest BCUT2D eigenvalue weighted by Crippen LogP contribution is 2.31. The molecule has 31 heteroatoms. The number of aryl methyl sites for hydroxylation is 2. The zero-order chi connectivity index (χ0) is 85.3. The van der Waals surface area contributed by atoms with E-state index in [0.29, 0.717) is 34.9 Å². The van der Waals surface area contributed by atoms with Crippen LogP contribution < -0.4 is 20.5 Å². The number of hydrogen-bond acceptors (Lipinski definition) is 25. The molecule has 10 heterocycles. The zero-order valence-electron chi connectivity index (χ0n) is 64.1. The van der Waals surface area contributed by atoms with Crippen molar-refractivity contribution >= 4 is 112 Å². The van der Waals surface area contributed by atoms with Gasteiger partial charge in [0.05, 0.1) is 15.9 Å². The molecule has 608 valence electrons. The van der Waals surface area contributed by atoms with Gasteiger partial charge in [0.2, 0.25) is 0 Å². The van der Waals surface area contributed by atoms with Gasteiger partial charge in [-0.25, -0.2) is 19.2 Å². The number of hydrogen-bond donors (Lipinski definition) is 4. The van der Waals surface area contributed by atoms with E-state index in [1.54, 1.807) is 86.2 Å². The van der Waals surface area contributed by atoms with Crippen LogP contribution >= 0.6 is 27.5 Å². The predicted octanol–water partition coefficient (Wildman–Crippen LogP) is 19.7. The smallest absolute Gasteiger partial charge is 0.480 e. The summed E-state index contributed by atoms with van der Waals surface area (Å²) in [6.45, 7) is 5.18. The number of benzene rings is 6. The van der Waals surface area contributed by atoms with Crippen molar-refractivity contribution in [2.45, 2.75) is 65.5 Å². The van der Waals surface area contributed by atoms with Crippen molar-refractivity contribution in [3.05, 3.63) is 357 Å². The number of ketones is 1. The maximum absolute atomic E-state index is 12.1. The molecule has 16 rings (SSSR count). The second kappa shape index (κ2) is 44.2. The Morgan fingerprint density at radius 3 is 1.31 bits per heavy atom. The summed E-state index contributed by atoms with van der Waals surface area (Å²) in [5.74, 6) is 1.64. The fourth-order valence-corrected chi connectivity index (χ4v) is 11.5. The third-order valence-electron chi connectivity index (χ3n) is 16.9. The number of fused-ring (bicyclic) bond motifs is 4. The number of amides is 1. The minimum Gasteiger partial charge on any atom is -0.480 e. The normalized spacial score (nSPS) is 10.9. The molecular formula is C89H74BrClN10O19. The summed E-state index contributed by atoms with van der Waals surface area (Å²) in [7, 11) is 0. The lowest BCUT2D eigenvalue weighted by atomic mass is 10.1. The number of rotatable bonds is 19. The van der Waals surface area contributed by atoms with E-state index < -0.39 is 39.5 Å². The lowest BCUT2D eigenvalue weighted by molar-refractivity contribution is -0.385. The monoisotopic (exact) mass is 1700 g/mol. The second-order valence-corrected chi connectivity index (χ2v) is 27.0. The first kappa shape index (κ1) is 87.4. The van der Waals surface area contributed by atoms with E-state index in [1.807, 2.05) is 172 Å². The topological polar surface area (TPSA) is 417 Å². The highest BCUT2D eigenvalue weighted by molar-refractivity contribution is 9.10. The molecule has 2 atom stereocenters. The van der Waals surface area contributed by atoms with Gasteiger partial charge in [0.15, 0.2) is 13.2 Å². The minimum atomic E-state index is -1.15. The number of furan rings is 4. The minimum absolute atomic E-state index is 0.0202. The van der Waals surface area contributed by atoms with Crippen molar-refractivity contribution < 1.29 is 80.6 Å². The third kappa shape index (κ3) is 27.6. The van der Waals surface area contributed by atoms with E-state index in [9.17, 15) is 49.3 Å². The number of carboxylic acid groups (broad SMARTS) is 1. The fourth-order valence-electron chi connectivity index (χ4n) is 11.1. The van der Waals surface area contributed by atoms with E-state index in [-0.39, 0.29) is 60.9 Å². The molecule has 0 spiro atoms. The van der Waals surface area contributed by atoms with Gasteiger partial charge in [0, 0.05) is 159 Å². The first-order valence-electron chi connectivity index (χ1n) is 36.3. The van der Waals surface area contributed by atoms with Crippen LogP contribution in [0.5, 0.6) is 11.5 Å². The fraction of sp³-hybridized carbons (Fsp3) is 0.112. The third-order valence-corrected chi connectivity index (χ3v) is 17.5. The Labute approximate surface area is 697 Å². The SMILES string of the molecule is CC(=O)C(N)Cc1ccncc1.Cc1cc2cc(Br)ccc2o1.Cc1cccnc1.O=C(Cl)Oc1ccc([N+](=O)[O-])cc1.O=C(NC(Cc1ccncc1)C(=O)O)OCc1cc2cc(-c3cccnc3)ccc2o1.O=C(OCc1cc2cc(-c3cccnc3)ccc2o1)Oc1ccc([N+](=O)[O-])cc1.OCc1cc2cc(-c3cccnc3)ccc2o1. The van der Waals surface area contributed by atoms with Gasteiger partial charge in [-0.15, -0.1) is 0 Å². The number of alkyl carbamates (subject to hydrolysis) is 1. The van der Waals surface area contributed by atoms with Gasteiger partial charge in [0.1, 0.15) is 75.3 Å². The summed E-state index contributed by atoms with van der Waals surface area (Å²) in [6, 6.07) is 62.1. The van der Waals surface area contributed by atoms with Crippen LogP contribution in [0, 0.1) is 34.1 Å². The van der Waals surface area contributed by atoms with Crippen molar-refractivity contribution in [2.24, 2.45) is 5.73 Å². The van der Waals surface area contributed by atoms with Gasteiger partial charge in [-0.2, -0.15) is 0 Å². The van der Waals surface area contributed by atoms with E-state index in [0.717, 1.165) is 87.5 Å². The summed E-state index contributed by atoms with van der Waals surface area (Å²) in [4.78, 5) is 100. The molecule has 2 unspecified atom stereocenters. The number of carbonyl (C=O) groups is 5.